The molecule has 184 valence electrons. The first-order valence-electron chi connectivity index (χ1n) is 11.2. The molecule has 0 saturated carbocycles. The third-order valence-electron chi connectivity index (χ3n) is 5.83. The van der Waals surface area contributed by atoms with Crippen molar-refractivity contribution in [2.24, 2.45) is 0 Å². The summed E-state index contributed by atoms with van der Waals surface area (Å²) in [6, 6.07) is 18.1. The monoisotopic (exact) mass is 496 g/mol. The summed E-state index contributed by atoms with van der Waals surface area (Å²) < 4.78 is 41.5. The predicted octanol–water partition coefficient (Wildman–Crippen LogP) is 4.58. The molecule has 0 aliphatic rings. The minimum atomic E-state index is -3.78. The molecule has 0 bridgehead atoms. The molecule has 0 saturated heterocycles. The number of amides is 1. The van der Waals surface area contributed by atoms with Gasteiger partial charge in [0.1, 0.15) is 5.82 Å². The lowest BCUT2D eigenvalue weighted by Gasteiger charge is -2.38. The number of likely N-dealkylation sites (N-methyl/N-ethyl adjacent to an activating group) is 1. The number of nitrogens with zero attached hydrogens (tertiary/aromatic N) is 1. The minimum Gasteiger partial charge on any atom is -0.332 e. The van der Waals surface area contributed by atoms with Crippen LogP contribution in [-0.2, 0) is 10.0 Å². The first-order valence-corrected chi connectivity index (χ1v) is 12.7. The second-order valence-corrected chi connectivity index (χ2v) is 10.6. The van der Waals surface area contributed by atoms with Gasteiger partial charge in [0.2, 0.25) is 10.0 Å². The number of sulfonamides is 1. The lowest BCUT2D eigenvalue weighted by molar-refractivity contribution is 0.0571. The zero-order valence-electron chi connectivity index (χ0n) is 20.2. The van der Waals surface area contributed by atoms with E-state index in [1.54, 1.807) is 57.2 Å². The van der Waals surface area contributed by atoms with Crippen molar-refractivity contribution in [3.05, 3.63) is 101 Å². The first-order chi connectivity index (χ1) is 16.5. The number of aryl methyl sites for hydroxylation is 1. The molecule has 0 spiro atoms. The van der Waals surface area contributed by atoms with E-state index in [9.17, 15) is 22.4 Å². The summed E-state index contributed by atoms with van der Waals surface area (Å²) in [6.07, 6.45) is 0. The normalized spacial score (nSPS) is 11.8. The Bertz CT molecular complexity index is 1320. The third-order valence-corrected chi connectivity index (χ3v) is 7.24. The first kappa shape index (κ1) is 26.2. The van der Waals surface area contributed by atoms with Gasteiger partial charge in [-0.05, 0) is 70.2 Å². The topological polar surface area (TPSA) is 83.6 Å². The minimum absolute atomic E-state index is 0.0309. The van der Waals surface area contributed by atoms with E-state index in [4.69, 9.17) is 0 Å². The molecule has 0 aliphatic heterocycles. The summed E-state index contributed by atoms with van der Waals surface area (Å²) in [7, 11) is -3.78. The molecule has 6 nitrogen and oxygen atoms in total. The highest BCUT2D eigenvalue weighted by atomic mass is 32.2. The predicted molar refractivity (Wildman–Crippen MR) is 133 cm³/mol. The van der Waals surface area contributed by atoms with Gasteiger partial charge >= 0.3 is 0 Å². The third kappa shape index (κ3) is 6.01. The molecule has 0 aromatic heterocycles. The van der Waals surface area contributed by atoms with Gasteiger partial charge < -0.3 is 4.90 Å². The number of halogens is 1. The largest absolute Gasteiger partial charge is 0.332 e. The van der Waals surface area contributed by atoms with Crippen molar-refractivity contribution < 1.29 is 22.4 Å². The Kier molecular flexibility index (Phi) is 7.87. The molecule has 0 radical (unpaired) electrons. The van der Waals surface area contributed by atoms with Crippen molar-refractivity contribution in [2.45, 2.75) is 38.1 Å². The van der Waals surface area contributed by atoms with Crippen LogP contribution in [0.5, 0.6) is 0 Å². The van der Waals surface area contributed by atoms with Crippen LogP contribution in [0.1, 0.15) is 52.6 Å². The Morgan fingerprint density at radius 1 is 0.914 bits per heavy atom. The molecule has 3 aromatic carbocycles. The second-order valence-electron chi connectivity index (χ2n) is 8.88. The Morgan fingerprint density at radius 2 is 1.49 bits per heavy atom. The number of carbonyl (C=O) groups is 2. The van der Waals surface area contributed by atoms with Crippen molar-refractivity contribution >= 4 is 21.7 Å². The summed E-state index contributed by atoms with van der Waals surface area (Å²) in [5, 5.41) is 0. The van der Waals surface area contributed by atoms with Crippen LogP contribution in [0.2, 0.25) is 0 Å². The molecule has 1 N–H and O–H groups in total. The van der Waals surface area contributed by atoms with E-state index < -0.39 is 33.1 Å². The number of carbonyl (C=O) groups excluding carboxylic acids is 2. The molecule has 0 atom stereocenters. The molecular weight excluding hydrogens is 467 g/mol. The highest BCUT2D eigenvalue weighted by Gasteiger charge is 2.33. The van der Waals surface area contributed by atoms with E-state index in [0.29, 0.717) is 0 Å². The van der Waals surface area contributed by atoms with Crippen LogP contribution in [0.3, 0.4) is 0 Å². The van der Waals surface area contributed by atoms with Crippen molar-refractivity contribution in [1.82, 2.24) is 9.62 Å². The van der Waals surface area contributed by atoms with Crippen LogP contribution in [0.25, 0.3) is 0 Å². The van der Waals surface area contributed by atoms with Gasteiger partial charge in [0.05, 0.1) is 16.0 Å². The maximum atomic E-state index is 13.6. The fourth-order valence-corrected chi connectivity index (χ4v) is 4.99. The van der Waals surface area contributed by atoms with E-state index in [0.717, 1.165) is 5.56 Å². The molecule has 0 aliphatic carbocycles. The Hall–Kier alpha value is -3.36. The number of rotatable bonds is 9. The van der Waals surface area contributed by atoms with Gasteiger partial charge in [0.15, 0.2) is 5.78 Å². The van der Waals surface area contributed by atoms with Gasteiger partial charge in [-0.15, -0.1) is 0 Å². The number of ketones is 1. The number of nitrogens with one attached hydrogen (secondary N) is 1. The summed E-state index contributed by atoms with van der Waals surface area (Å²) in [4.78, 5) is 28.4. The fourth-order valence-electron chi connectivity index (χ4n) is 3.78. The zero-order chi connectivity index (χ0) is 25.8. The number of benzene rings is 3. The summed E-state index contributed by atoms with van der Waals surface area (Å²) in [5.41, 5.74) is 0.688. The molecule has 0 fully saturated rings. The quantitative estimate of drug-likeness (QED) is 0.440. The van der Waals surface area contributed by atoms with E-state index in [1.165, 1.54) is 41.3 Å². The van der Waals surface area contributed by atoms with Crippen molar-refractivity contribution in [3.8, 4) is 0 Å². The fraction of sp³-hybridized carbons (Fsp3) is 0.259. The SMILES string of the molecule is CCN(C(=O)c1ccccc1C(=O)c1ccc(F)cc1)C(C)(C)CNS(=O)(=O)c1ccc(C)cc1. The molecule has 0 heterocycles. The zero-order valence-corrected chi connectivity index (χ0v) is 21.0. The average Bonchev–Trinajstić information content (AvgIpc) is 2.83. The Balaban J connectivity index is 1.85. The lowest BCUT2D eigenvalue weighted by atomic mass is 9.95. The van der Waals surface area contributed by atoms with Crippen molar-refractivity contribution in [2.75, 3.05) is 13.1 Å². The maximum Gasteiger partial charge on any atom is 0.255 e. The highest BCUT2D eigenvalue weighted by molar-refractivity contribution is 7.89. The van der Waals surface area contributed by atoms with Gasteiger partial charge in [-0.1, -0.05) is 35.9 Å². The van der Waals surface area contributed by atoms with Crippen LogP contribution in [0.15, 0.2) is 77.7 Å². The van der Waals surface area contributed by atoms with Gasteiger partial charge in [-0.3, -0.25) is 9.59 Å². The smallest absolute Gasteiger partial charge is 0.255 e. The van der Waals surface area contributed by atoms with Gasteiger partial charge in [-0.25, -0.2) is 17.5 Å². The van der Waals surface area contributed by atoms with E-state index >= 15 is 0 Å². The molecule has 8 heteroatoms. The standard InChI is InChI=1S/C27H29FN2O4S/c1-5-30(27(3,4)18-29-35(33,34)22-16-10-19(2)11-17-22)26(32)24-9-7-6-8-23(24)25(31)20-12-14-21(28)15-13-20/h6-17,29H,5,18H2,1-4H3. The Labute approximate surface area is 205 Å². The molecule has 0 unspecified atom stereocenters. The summed E-state index contributed by atoms with van der Waals surface area (Å²) in [6.45, 7) is 7.44. The van der Waals surface area contributed by atoms with E-state index in [-0.39, 0.29) is 34.7 Å². The number of hydrogen-bond acceptors (Lipinski definition) is 4. The highest BCUT2D eigenvalue weighted by Crippen LogP contribution is 2.22. The Morgan fingerprint density at radius 3 is 2.06 bits per heavy atom. The van der Waals surface area contributed by atoms with Crippen LogP contribution >= 0.6 is 0 Å². The van der Waals surface area contributed by atoms with Gasteiger partial charge in [-0.2, -0.15) is 0 Å². The summed E-state index contributed by atoms with van der Waals surface area (Å²) >= 11 is 0. The average molecular weight is 497 g/mol. The molecule has 35 heavy (non-hydrogen) atoms. The molecule has 1 amide bonds. The van der Waals surface area contributed by atoms with Crippen molar-refractivity contribution in [1.29, 1.82) is 0 Å². The van der Waals surface area contributed by atoms with Crippen LogP contribution < -0.4 is 4.72 Å². The van der Waals surface area contributed by atoms with Gasteiger partial charge in [0.25, 0.3) is 5.91 Å². The van der Waals surface area contributed by atoms with Crippen LogP contribution in [0.4, 0.5) is 4.39 Å². The number of hydrogen-bond donors (Lipinski definition) is 1. The molecular formula is C27H29FN2O4S. The molecule has 3 aromatic rings. The second kappa shape index (κ2) is 10.5. The van der Waals surface area contributed by atoms with Crippen LogP contribution in [-0.4, -0.2) is 43.6 Å². The summed E-state index contributed by atoms with van der Waals surface area (Å²) in [5.74, 6) is -1.26. The maximum absolute atomic E-state index is 13.6. The van der Waals surface area contributed by atoms with E-state index in [1.807, 2.05) is 6.92 Å². The van der Waals surface area contributed by atoms with Crippen LogP contribution in [0, 0.1) is 12.7 Å². The van der Waals surface area contributed by atoms with E-state index in [2.05, 4.69) is 4.72 Å². The van der Waals surface area contributed by atoms with Crippen molar-refractivity contribution in [3.63, 3.8) is 0 Å². The lowest BCUT2D eigenvalue weighted by Crippen LogP contribution is -2.54. The molecule has 3 rings (SSSR count). The van der Waals surface area contributed by atoms with Gasteiger partial charge in [0, 0.05) is 24.2 Å².